The smallest absolute Gasteiger partial charge is 0.270 e. The van der Waals surface area contributed by atoms with Gasteiger partial charge >= 0.3 is 0 Å². The largest absolute Gasteiger partial charge is 0.439 e. The lowest BCUT2D eigenvalue weighted by Gasteiger charge is -2.34. The Balaban J connectivity index is 1.10. The van der Waals surface area contributed by atoms with Crippen molar-refractivity contribution < 1.29 is 14.3 Å². The average molecular weight is 630 g/mol. The van der Waals surface area contributed by atoms with E-state index >= 15 is 0 Å². The molecule has 0 radical (unpaired) electrons. The number of fused-ring (bicyclic) bond motifs is 1. The zero-order valence-corrected chi connectivity index (χ0v) is 25.8. The Morgan fingerprint density at radius 1 is 0.909 bits per heavy atom. The highest BCUT2D eigenvalue weighted by molar-refractivity contribution is 6.42. The molecule has 9 nitrogen and oxygen atoms in total. The van der Waals surface area contributed by atoms with Gasteiger partial charge in [-0.15, -0.1) is 0 Å². The van der Waals surface area contributed by atoms with E-state index in [1.54, 1.807) is 37.5 Å². The molecule has 4 heterocycles. The Labute approximate surface area is 265 Å². The summed E-state index contributed by atoms with van der Waals surface area (Å²) >= 11 is 12.1. The van der Waals surface area contributed by atoms with Gasteiger partial charge in [0.2, 0.25) is 5.88 Å². The fourth-order valence-corrected chi connectivity index (χ4v) is 5.60. The van der Waals surface area contributed by atoms with E-state index in [9.17, 15) is 9.59 Å². The van der Waals surface area contributed by atoms with Gasteiger partial charge in [0.15, 0.2) is 0 Å². The van der Waals surface area contributed by atoms with Crippen LogP contribution in [0.4, 0.5) is 5.69 Å². The third kappa shape index (κ3) is 6.26. The molecule has 0 N–H and O–H groups in total. The van der Waals surface area contributed by atoms with E-state index in [0.717, 1.165) is 30.5 Å². The molecular weight excluding hydrogens is 599 g/mol. The summed E-state index contributed by atoms with van der Waals surface area (Å²) in [6.07, 6.45) is 5.18. The minimum Gasteiger partial charge on any atom is -0.439 e. The second-order valence-corrected chi connectivity index (χ2v) is 11.5. The van der Waals surface area contributed by atoms with Crippen molar-refractivity contribution in [2.45, 2.75) is 6.54 Å². The van der Waals surface area contributed by atoms with Gasteiger partial charge in [-0.1, -0.05) is 23.2 Å². The molecule has 1 aliphatic rings. The number of anilines is 1. The first-order chi connectivity index (χ1) is 21.3. The van der Waals surface area contributed by atoms with E-state index in [2.05, 4.69) is 14.9 Å². The molecule has 0 bridgehead atoms. The molecule has 0 spiro atoms. The molecule has 2 aromatic carbocycles. The summed E-state index contributed by atoms with van der Waals surface area (Å²) in [6, 6.07) is 19.9. The number of piperazine rings is 1. The number of carbonyl (C=O) groups is 2. The predicted octanol–water partition coefficient (Wildman–Crippen LogP) is 6.30. The number of amides is 2. The second-order valence-electron chi connectivity index (χ2n) is 10.7. The van der Waals surface area contributed by atoms with Crippen molar-refractivity contribution in [3.63, 3.8) is 0 Å². The highest BCUT2D eigenvalue weighted by Gasteiger charge is 2.25. The van der Waals surface area contributed by atoms with Crippen LogP contribution in [0.1, 0.15) is 26.4 Å². The third-order valence-electron chi connectivity index (χ3n) is 7.85. The number of nitrogens with zero attached hydrogens (tertiary/aromatic N) is 6. The van der Waals surface area contributed by atoms with Gasteiger partial charge in [-0.2, -0.15) is 0 Å². The number of benzene rings is 2. The first-order valence-corrected chi connectivity index (χ1v) is 14.9. The van der Waals surface area contributed by atoms with Crippen LogP contribution in [0, 0.1) is 0 Å². The third-order valence-corrected chi connectivity index (χ3v) is 8.59. The minimum atomic E-state index is -0.245. The maximum atomic E-state index is 13.5. The number of hydrogen-bond acceptors (Lipinski definition) is 6. The van der Waals surface area contributed by atoms with Crippen molar-refractivity contribution in [2.75, 3.05) is 38.1 Å². The Morgan fingerprint density at radius 2 is 1.68 bits per heavy atom. The average Bonchev–Trinajstić information content (AvgIpc) is 3.37. The number of hydrogen-bond donors (Lipinski definition) is 0. The topological polar surface area (TPSA) is 83.8 Å². The van der Waals surface area contributed by atoms with Gasteiger partial charge in [-0.3, -0.25) is 19.5 Å². The Morgan fingerprint density at radius 3 is 2.39 bits per heavy atom. The molecule has 1 saturated heterocycles. The number of aryl methyl sites for hydroxylation is 1. The Bertz CT molecular complexity index is 1820. The van der Waals surface area contributed by atoms with Crippen molar-refractivity contribution in [3.05, 3.63) is 112 Å². The maximum Gasteiger partial charge on any atom is 0.270 e. The van der Waals surface area contributed by atoms with Crippen LogP contribution < -0.4 is 9.64 Å². The number of pyridine rings is 2. The highest BCUT2D eigenvalue weighted by Crippen LogP contribution is 2.29. The Kier molecular flexibility index (Phi) is 8.52. The van der Waals surface area contributed by atoms with E-state index in [1.807, 2.05) is 65.3 Å². The van der Waals surface area contributed by atoms with Crippen molar-refractivity contribution in [1.29, 1.82) is 0 Å². The number of ether oxygens (including phenoxy) is 1. The quantitative estimate of drug-likeness (QED) is 0.210. The van der Waals surface area contributed by atoms with E-state index < -0.39 is 0 Å². The molecule has 2 amide bonds. The lowest BCUT2D eigenvalue weighted by molar-refractivity contribution is 0.0619. The summed E-state index contributed by atoms with van der Waals surface area (Å²) in [7, 11) is 3.57. The molecule has 3 aromatic heterocycles. The summed E-state index contributed by atoms with van der Waals surface area (Å²) in [5.74, 6) is 0.741. The fraction of sp³-hybridized carbons (Fsp3) is 0.212. The van der Waals surface area contributed by atoms with Gasteiger partial charge in [0.25, 0.3) is 11.8 Å². The van der Waals surface area contributed by atoms with Gasteiger partial charge in [-0.25, -0.2) is 4.98 Å². The molecule has 6 rings (SSSR count). The fourth-order valence-electron chi connectivity index (χ4n) is 5.31. The van der Waals surface area contributed by atoms with Crippen molar-refractivity contribution >= 4 is 51.6 Å². The van der Waals surface area contributed by atoms with Crippen LogP contribution in [0.2, 0.25) is 10.0 Å². The number of aromatic nitrogens is 3. The summed E-state index contributed by atoms with van der Waals surface area (Å²) in [5.41, 5.74) is 3.80. The molecule has 0 atom stereocenters. The molecule has 1 fully saturated rings. The molecule has 5 aromatic rings. The second kappa shape index (κ2) is 12.7. The monoisotopic (exact) mass is 628 g/mol. The highest BCUT2D eigenvalue weighted by atomic mass is 35.5. The van der Waals surface area contributed by atoms with Crippen LogP contribution in [0.15, 0.2) is 85.3 Å². The number of halogens is 2. The molecule has 0 aliphatic carbocycles. The molecule has 11 heteroatoms. The van der Waals surface area contributed by atoms with Crippen LogP contribution >= 0.6 is 23.2 Å². The normalized spacial score (nSPS) is 13.7. The lowest BCUT2D eigenvalue weighted by Crippen LogP contribution is -2.48. The van der Waals surface area contributed by atoms with E-state index in [0.29, 0.717) is 51.7 Å². The zero-order chi connectivity index (χ0) is 30.8. The summed E-state index contributed by atoms with van der Waals surface area (Å²) in [4.78, 5) is 40.6. The summed E-state index contributed by atoms with van der Waals surface area (Å²) < 4.78 is 7.95. The van der Waals surface area contributed by atoms with Gasteiger partial charge < -0.3 is 19.1 Å². The van der Waals surface area contributed by atoms with Crippen molar-refractivity contribution in [2.24, 2.45) is 7.05 Å². The van der Waals surface area contributed by atoms with Gasteiger partial charge in [0, 0.05) is 81.7 Å². The molecule has 0 saturated carbocycles. The summed E-state index contributed by atoms with van der Waals surface area (Å²) in [6.45, 7) is 3.85. The lowest BCUT2D eigenvalue weighted by atomic mass is 10.2. The van der Waals surface area contributed by atoms with Crippen molar-refractivity contribution in [1.82, 2.24) is 24.3 Å². The SMILES string of the molecule is CN(C(=O)c1ccc(Cl)c(Cl)c1)c1ccc(Oc2ccc3c(c2)cc(C(=O)N2CCN(Cc4ccncc4)CC2)n3C)nc1. The van der Waals surface area contributed by atoms with Gasteiger partial charge in [0.05, 0.1) is 21.9 Å². The van der Waals surface area contributed by atoms with Gasteiger partial charge in [0.1, 0.15) is 11.4 Å². The molecule has 1 aliphatic heterocycles. The van der Waals surface area contributed by atoms with Crippen LogP contribution in [0.5, 0.6) is 11.6 Å². The standard InChI is InChI=1S/C33H30Cl2N6O3/c1-38(32(42)23-3-6-27(34)28(35)18-23)25-4-8-31(37-20-25)44-26-5-7-29-24(17-26)19-30(39(29)2)33(43)41-15-13-40(14-16-41)21-22-9-11-36-12-10-22/h3-12,17-20H,13-16,21H2,1-2H3. The van der Waals surface area contributed by atoms with Crippen LogP contribution in [-0.2, 0) is 13.6 Å². The van der Waals surface area contributed by atoms with E-state index in [1.165, 1.54) is 16.5 Å². The van der Waals surface area contributed by atoms with Crippen LogP contribution in [0.25, 0.3) is 10.9 Å². The molecule has 0 unspecified atom stereocenters. The zero-order valence-electron chi connectivity index (χ0n) is 24.3. The van der Waals surface area contributed by atoms with E-state index in [-0.39, 0.29) is 11.8 Å². The summed E-state index contributed by atoms with van der Waals surface area (Å²) in [5, 5.41) is 1.60. The molecule has 44 heavy (non-hydrogen) atoms. The maximum absolute atomic E-state index is 13.5. The van der Waals surface area contributed by atoms with E-state index in [4.69, 9.17) is 27.9 Å². The number of rotatable bonds is 7. The Hall–Kier alpha value is -4.44. The first kappa shape index (κ1) is 29.6. The predicted molar refractivity (Wildman–Crippen MR) is 172 cm³/mol. The van der Waals surface area contributed by atoms with Crippen LogP contribution in [-0.4, -0.2) is 69.4 Å². The van der Waals surface area contributed by atoms with Crippen molar-refractivity contribution in [3.8, 4) is 11.6 Å². The minimum absolute atomic E-state index is 0.0199. The van der Waals surface area contributed by atoms with Gasteiger partial charge in [-0.05, 0) is 66.2 Å². The first-order valence-electron chi connectivity index (χ1n) is 14.1. The van der Waals surface area contributed by atoms with Crippen LogP contribution in [0.3, 0.4) is 0 Å². The molecular formula is C33H30Cl2N6O3. The molecule has 224 valence electrons. The number of carbonyl (C=O) groups excluding carboxylic acids is 2.